The molecule has 4 nitrogen and oxygen atoms in total. The first-order valence-electron chi connectivity index (χ1n) is 6.42. The molecule has 112 valence electrons. The van der Waals surface area contributed by atoms with E-state index in [9.17, 15) is 13.9 Å². The Morgan fingerprint density at radius 3 is 2.71 bits per heavy atom. The van der Waals surface area contributed by atoms with Crippen LogP contribution >= 0.6 is 0 Å². The highest BCUT2D eigenvalue weighted by molar-refractivity contribution is 5.29. The van der Waals surface area contributed by atoms with E-state index < -0.39 is 11.9 Å². The maximum atomic E-state index is 13.3. The molecule has 1 unspecified atom stereocenters. The summed E-state index contributed by atoms with van der Waals surface area (Å²) in [6.07, 6.45) is 0.191. The van der Waals surface area contributed by atoms with Crippen LogP contribution in [0.3, 0.4) is 0 Å². The number of nitrogens with one attached hydrogen (secondary N) is 1. The summed E-state index contributed by atoms with van der Waals surface area (Å²) in [5.41, 5.74) is 1.08. The SMILES string of the molecule is COc1cc(F)cc(CNCC(O)c2ccc(F)cn2)c1. The van der Waals surface area contributed by atoms with Crippen molar-refractivity contribution in [1.82, 2.24) is 10.3 Å². The second kappa shape index (κ2) is 7.10. The first-order valence-corrected chi connectivity index (χ1v) is 6.42. The number of nitrogens with zero attached hydrogens (tertiary/aromatic N) is 1. The van der Waals surface area contributed by atoms with Crippen LogP contribution in [0.5, 0.6) is 5.75 Å². The van der Waals surface area contributed by atoms with Gasteiger partial charge in [0, 0.05) is 19.2 Å². The van der Waals surface area contributed by atoms with Crippen molar-refractivity contribution < 1.29 is 18.6 Å². The molecule has 0 aliphatic heterocycles. The normalized spacial score (nSPS) is 12.2. The molecule has 2 N–H and O–H groups in total. The van der Waals surface area contributed by atoms with E-state index >= 15 is 0 Å². The first-order chi connectivity index (χ1) is 10.1. The Hall–Kier alpha value is -2.05. The Morgan fingerprint density at radius 2 is 2.05 bits per heavy atom. The summed E-state index contributed by atoms with van der Waals surface area (Å²) >= 11 is 0. The predicted octanol–water partition coefficient (Wildman–Crippen LogP) is 2.19. The zero-order chi connectivity index (χ0) is 15.2. The minimum atomic E-state index is -0.860. The van der Waals surface area contributed by atoms with Gasteiger partial charge in [0.15, 0.2) is 0 Å². The number of ether oxygens (including phenoxy) is 1. The lowest BCUT2D eigenvalue weighted by atomic mass is 10.2. The van der Waals surface area contributed by atoms with Gasteiger partial charge in [-0.1, -0.05) is 0 Å². The number of aromatic nitrogens is 1. The first kappa shape index (κ1) is 15.3. The predicted molar refractivity (Wildman–Crippen MR) is 73.8 cm³/mol. The molecule has 0 fully saturated rings. The van der Waals surface area contributed by atoms with E-state index in [-0.39, 0.29) is 12.4 Å². The molecule has 0 amide bonds. The van der Waals surface area contributed by atoms with Crippen molar-refractivity contribution in [3.63, 3.8) is 0 Å². The van der Waals surface area contributed by atoms with Crippen LogP contribution in [0.4, 0.5) is 8.78 Å². The third kappa shape index (κ3) is 4.47. The molecule has 0 aliphatic carbocycles. The smallest absolute Gasteiger partial charge is 0.141 e. The zero-order valence-corrected chi connectivity index (χ0v) is 11.5. The average Bonchev–Trinajstić information content (AvgIpc) is 2.47. The molecular formula is C15H16F2N2O2. The molecule has 0 saturated heterocycles. The lowest BCUT2D eigenvalue weighted by Crippen LogP contribution is -2.21. The number of benzene rings is 1. The van der Waals surface area contributed by atoms with Crippen LogP contribution in [0.2, 0.25) is 0 Å². The molecule has 0 aliphatic rings. The number of hydrogen-bond acceptors (Lipinski definition) is 4. The van der Waals surface area contributed by atoms with Crippen LogP contribution in [-0.2, 0) is 6.54 Å². The molecule has 0 radical (unpaired) electrons. The number of hydrogen-bond donors (Lipinski definition) is 2. The van der Waals surface area contributed by atoms with Gasteiger partial charge in [-0.25, -0.2) is 8.78 Å². The van der Waals surface area contributed by atoms with E-state index in [1.165, 1.54) is 31.4 Å². The van der Waals surface area contributed by atoms with E-state index in [1.54, 1.807) is 6.07 Å². The Bertz CT molecular complexity index is 591. The number of methoxy groups -OCH3 is 1. The monoisotopic (exact) mass is 294 g/mol. The molecule has 2 aromatic rings. The molecule has 6 heteroatoms. The van der Waals surface area contributed by atoms with Crippen molar-refractivity contribution in [1.29, 1.82) is 0 Å². The van der Waals surface area contributed by atoms with Crippen molar-refractivity contribution in [3.8, 4) is 5.75 Å². The van der Waals surface area contributed by atoms with E-state index in [2.05, 4.69) is 10.3 Å². The number of aliphatic hydroxyl groups is 1. The topological polar surface area (TPSA) is 54.4 Å². The van der Waals surface area contributed by atoms with Crippen molar-refractivity contribution in [3.05, 3.63) is 59.4 Å². The maximum absolute atomic E-state index is 13.3. The van der Waals surface area contributed by atoms with Gasteiger partial charge in [-0.2, -0.15) is 0 Å². The standard InChI is InChI=1S/C15H16F2N2O2/c1-21-13-5-10(4-12(17)6-13)7-18-9-15(20)14-3-2-11(16)8-19-14/h2-6,8,15,18,20H,7,9H2,1H3. The minimum Gasteiger partial charge on any atom is -0.497 e. The summed E-state index contributed by atoms with van der Waals surface area (Å²) in [6.45, 7) is 0.587. The van der Waals surface area contributed by atoms with E-state index in [0.29, 0.717) is 23.6 Å². The number of halogens is 2. The quantitative estimate of drug-likeness (QED) is 0.857. The van der Waals surface area contributed by atoms with Crippen molar-refractivity contribution in [2.24, 2.45) is 0 Å². The van der Waals surface area contributed by atoms with Crippen LogP contribution in [0.25, 0.3) is 0 Å². The van der Waals surface area contributed by atoms with Crippen molar-refractivity contribution in [2.45, 2.75) is 12.6 Å². The van der Waals surface area contributed by atoms with Crippen molar-refractivity contribution in [2.75, 3.05) is 13.7 Å². The molecule has 1 atom stereocenters. The van der Waals surface area contributed by atoms with Gasteiger partial charge in [0.25, 0.3) is 0 Å². The highest BCUT2D eigenvalue weighted by Gasteiger charge is 2.09. The summed E-state index contributed by atoms with van der Waals surface area (Å²) in [4.78, 5) is 3.80. The summed E-state index contributed by atoms with van der Waals surface area (Å²) in [7, 11) is 1.47. The van der Waals surface area contributed by atoms with Gasteiger partial charge in [-0.15, -0.1) is 0 Å². The van der Waals surface area contributed by atoms with E-state index in [4.69, 9.17) is 4.74 Å². The second-order valence-electron chi connectivity index (χ2n) is 4.55. The second-order valence-corrected chi connectivity index (χ2v) is 4.55. The van der Waals surface area contributed by atoms with Crippen LogP contribution in [0.15, 0.2) is 36.5 Å². The third-order valence-corrected chi connectivity index (χ3v) is 2.93. The number of pyridine rings is 1. The molecule has 0 saturated carbocycles. The van der Waals surface area contributed by atoms with Crippen LogP contribution in [0.1, 0.15) is 17.4 Å². The van der Waals surface area contributed by atoms with Crippen molar-refractivity contribution >= 4 is 0 Å². The molecule has 1 aromatic carbocycles. The summed E-state index contributed by atoms with van der Waals surface area (Å²) < 4.78 is 31.0. The highest BCUT2D eigenvalue weighted by atomic mass is 19.1. The van der Waals surface area contributed by atoms with Crippen LogP contribution < -0.4 is 10.1 Å². The van der Waals surface area contributed by atoms with Crippen LogP contribution in [-0.4, -0.2) is 23.7 Å². The molecule has 0 spiro atoms. The maximum Gasteiger partial charge on any atom is 0.141 e. The molecule has 1 aromatic heterocycles. The third-order valence-electron chi connectivity index (χ3n) is 2.93. The van der Waals surface area contributed by atoms with Gasteiger partial charge in [0.05, 0.1) is 19.0 Å². The fourth-order valence-corrected chi connectivity index (χ4v) is 1.88. The highest BCUT2D eigenvalue weighted by Crippen LogP contribution is 2.16. The van der Waals surface area contributed by atoms with E-state index in [1.807, 2.05) is 0 Å². The Labute approximate surface area is 121 Å². The number of rotatable bonds is 6. The van der Waals surface area contributed by atoms with Gasteiger partial charge in [0.1, 0.15) is 23.5 Å². The van der Waals surface area contributed by atoms with E-state index in [0.717, 1.165) is 6.20 Å². The Morgan fingerprint density at radius 1 is 1.24 bits per heavy atom. The summed E-state index contributed by atoms with van der Waals surface area (Å²) in [5.74, 6) is -0.398. The van der Waals surface area contributed by atoms with Gasteiger partial charge >= 0.3 is 0 Å². The molecule has 21 heavy (non-hydrogen) atoms. The minimum absolute atomic E-state index is 0.220. The van der Waals surface area contributed by atoms with Crippen LogP contribution in [0, 0.1) is 11.6 Å². The summed E-state index contributed by atoms with van der Waals surface area (Å²) in [6, 6.07) is 7.05. The van der Waals surface area contributed by atoms with Gasteiger partial charge in [-0.05, 0) is 29.8 Å². The van der Waals surface area contributed by atoms with Gasteiger partial charge < -0.3 is 15.2 Å². The van der Waals surface area contributed by atoms with Gasteiger partial charge in [-0.3, -0.25) is 4.98 Å². The molecule has 1 heterocycles. The van der Waals surface area contributed by atoms with Gasteiger partial charge in [0.2, 0.25) is 0 Å². The average molecular weight is 294 g/mol. The fraction of sp³-hybridized carbons (Fsp3) is 0.267. The lowest BCUT2D eigenvalue weighted by Gasteiger charge is -2.12. The largest absolute Gasteiger partial charge is 0.497 e. The Balaban J connectivity index is 1.89. The fourth-order valence-electron chi connectivity index (χ4n) is 1.88. The Kier molecular flexibility index (Phi) is 5.19. The number of aliphatic hydroxyl groups excluding tert-OH is 1. The zero-order valence-electron chi connectivity index (χ0n) is 11.5. The lowest BCUT2D eigenvalue weighted by molar-refractivity contribution is 0.169. The summed E-state index contributed by atoms with van der Waals surface area (Å²) in [5, 5.41) is 12.9. The molecular weight excluding hydrogens is 278 g/mol. The molecule has 2 rings (SSSR count). The molecule has 0 bridgehead atoms.